The van der Waals surface area contributed by atoms with Gasteiger partial charge < -0.3 is 69.1 Å². The Hall–Kier alpha value is -13.9. The van der Waals surface area contributed by atoms with Crippen LogP contribution in [0.15, 0.2) is 341 Å². The molecule has 16 rings (SSSR count). The van der Waals surface area contributed by atoms with Crippen LogP contribution in [0.4, 0.5) is 69.1 Å². The minimum absolute atomic E-state index is 0.410. The Morgan fingerprint density at radius 2 is 0.324 bits per heavy atom. The van der Waals surface area contributed by atoms with E-state index in [0.717, 1.165) is 63.0 Å². The van der Waals surface area contributed by atoms with Crippen molar-refractivity contribution in [3.05, 3.63) is 385 Å². The molecule has 0 amide bonds. The SMILES string of the molecule is Cc1ccc(-c2cc(-c3ccncc3)cc(-c3ccc(C)cc3)[n+]2CCCC(C)C[n+]2c(-c3ccc(C)cc3)cc(-c3ccncc3)cc2-c2ccc(C)cc2)cc1.Cc1ccc(-c2cc(-c3ccncc3)cc(-c3ccc(C)cc3)[n+]2CCCC(C)C[n+]2c(-c3ccc(C)cc3)cc(-c3ccncc3)cc2-c2ccc(C)cc2)cc1.F[B-](F)(F)F.F[B-](F)(F)F.F[B-](F)(F)F.F[B-](F)(F)F. The second kappa shape index (κ2) is 47.3. The maximum atomic E-state index is 9.75. The van der Waals surface area contributed by atoms with Crippen molar-refractivity contribution in [1.82, 2.24) is 19.9 Å². The highest BCUT2D eigenvalue weighted by atomic mass is 19.5. The zero-order valence-electron chi connectivity index (χ0n) is 77.1. The van der Waals surface area contributed by atoms with Gasteiger partial charge in [0.25, 0.3) is 0 Å². The quantitative estimate of drug-likeness (QED) is 0.0343. The molecule has 0 N–H and O–H groups in total. The van der Waals surface area contributed by atoms with Crippen molar-refractivity contribution in [2.24, 2.45) is 11.8 Å². The molecule has 0 saturated carbocycles. The van der Waals surface area contributed by atoms with Crippen LogP contribution in [-0.4, -0.2) is 49.0 Å². The molecule has 136 heavy (non-hydrogen) atoms. The summed E-state index contributed by atoms with van der Waals surface area (Å²) in [7, 11) is -24.0. The van der Waals surface area contributed by atoms with Gasteiger partial charge in [0.05, 0.1) is 0 Å². The molecule has 0 radical (unpaired) electrons. The summed E-state index contributed by atoms with van der Waals surface area (Å²) in [6, 6.07) is 108. The highest BCUT2D eigenvalue weighted by Crippen LogP contribution is 2.37. The first-order valence-corrected chi connectivity index (χ1v) is 44.6. The van der Waals surface area contributed by atoms with E-state index in [4.69, 9.17) is 0 Å². The molecule has 0 fully saturated rings. The summed E-state index contributed by atoms with van der Waals surface area (Å²) in [5, 5.41) is 0. The van der Waals surface area contributed by atoms with Crippen LogP contribution in [0.25, 0.3) is 135 Å². The van der Waals surface area contributed by atoms with Crippen molar-refractivity contribution in [1.29, 1.82) is 0 Å². The van der Waals surface area contributed by atoms with E-state index in [9.17, 15) is 69.1 Å². The van der Waals surface area contributed by atoms with Crippen molar-refractivity contribution in [2.75, 3.05) is 0 Å². The smallest absolute Gasteiger partial charge is 0.418 e. The Morgan fingerprint density at radius 1 is 0.191 bits per heavy atom. The fourth-order valence-corrected chi connectivity index (χ4v) is 15.9. The molecule has 0 aliphatic carbocycles. The minimum atomic E-state index is -6.00. The number of nitrogens with zero attached hydrogens (tertiary/aromatic N) is 8. The van der Waals surface area contributed by atoms with Gasteiger partial charge in [0.1, 0.15) is 13.1 Å². The Balaban J connectivity index is 0.000000218. The average Bonchev–Trinajstić information content (AvgIpc) is 0.790. The third-order valence-electron chi connectivity index (χ3n) is 22.6. The first-order valence-electron chi connectivity index (χ1n) is 44.6. The van der Waals surface area contributed by atoms with Crippen LogP contribution in [0.3, 0.4) is 0 Å². The van der Waals surface area contributed by atoms with Crippen LogP contribution in [0.2, 0.25) is 0 Å². The molecule has 0 bridgehead atoms. The van der Waals surface area contributed by atoms with Crippen molar-refractivity contribution < 1.29 is 87.3 Å². The maximum Gasteiger partial charge on any atom is 0.673 e. The van der Waals surface area contributed by atoms with Crippen LogP contribution in [0.5, 0.6) is 0 Å². The van der Waals surface area contributed by atoms with E-state index in [0.29, 0.717) is 11.8 Å². The highest BCUT2D eigenvalue weighted by molar-refractivity contribution is 6.51. The largest absolute Gasteiger partial charge is 0.673 e. The van der Waals surface area contributed by atoms with Gasteiger partial charge in [-0.05, 0) is 258 Å². The standard InChI is InChI=1S/2C54H52N4.4BF4/c2*1-38-8-16-45(17-9-38)51-33-49(43-24-28-55-29-25-43)34-52(46-18-10-39(2)11-19-46)57(51)32-6-7-42(5)37-58-53(47-20-12-40(3)13-21-47)35-50(44-26-30-56-31-27-44)36-54(58)48-22-14-41(4)15-23-48;4*2-1(3,4)5/h2*8-31,33-36,42H,6-7,32,37H2,1-5H3;;;;/q2*+2;4*-1. The van der Waals surface area contributed by atoms with E-state index in [1.807, 2.05) is 49.6 Å². The fourth-order valence-electron chi connectivity index (χ4n) is 15.9. The summed E-state index contributed by atoms with van der Waals surface area (Å²) in [6.07, 6.45) is 19.3. The molecule has 0 aliphatic rings. The average molecular weight is 1860 g/mol. The van der Waals surface area contributed by atoms with Gasteiger partial charge in [-0.25, -0.2) is 0 Å². The number of aromatic nitrogens is 8. The third-order valence-corrected chi connectivity index (χ3v) is 22.6. The Bertz CT molecular complexity index is 5800. The lowest BCUT2D eigenvalue weighted by atomic mass is 9.97. The predicted octanol–water partition coefficient (Wildman–Crippen LogP) is 30.0. The van der Waals surface area contributed by atoms with Crippen LogP contribution < -0.4 is 18.3 Å². The number of pyridine rings is 8. The van der Waals surface area contributed by atoms with Crippen LogP contribution in [0, 0.1) is 67.2 Å². The summed E-state index contributed by atoms with van der Waals surface area (Å²) in [5.41, 5.74) is 39.0. The second-order valence-corrected chi connectivity index (χ2v) is 33.9. The van der Waals surface area contributed by atoms with Crippen LogP contribution in [-0.2, 0) is 26.2 Å². The van der Waals surface area contributed by atoms with Crippen molar-refractivity contribution in [3.63, 3.8) is 0 Å². The number of hydrogen-bond acceptors (Lipinski definition) is 4. The first-order chi connectivity index (χ1) is 64.6. The van der Waals surface area contributed by atoms with Crippen molar-refractivity contribution in [2.45, 2.75) is 121 Å². The molecule has 8 aromatic carbocycles. The zero-order chi connectivity index (χ0) is 98.0. The number of hydrogen-bond donors (Lipinski definition) is 0. The van der Waals surface area contributed by atoms with Gasteiger partial charge in [-0.1, -0.05) is 155 Å². The van der Waals surface area contributed by atoms with Gasteiger partial charge in [-0.2, -0.15) is 18.3 Å². The minimum Gasteiger partial charge on any atom is -0.418 e. The van der Waals surface area contributed by atoms with E-state index < -0.39 is 29.0 Å². The second-order valence-electron chi connectivity index (χ2n) is 33.9. The van der Waals surface area contributed by atoms with E-state index in [-0.39, 0.29) is 0 Å². The molecule has 8 heterocycles. The molecule has 16 aromatic rings. The lowest BCUT2D eigenvalue weighted by Gasteiger charge is -2.17. The fraction of sp³-hybridized carbons (Fsp3) is 0.185. The van der Waals surface area contributed by atoms with E-state index in [2.05, 4.69) is 399 Å². The molecule has 0 aliphatic heterocycles. The third kappa shape index (κ3) is 32.2. The summed E-state index contributed by atoms with van der Waals surface area (Å²) in [6.45, 7) is 25.7. The van der Waals surface area contributed by atoms with Crippen LogP contribution >= 0.6 is 0 Å². The zero-order valence-corrected chi connectivity index (χ0v) is 77.1. The lowest BCUT2D eigenvalue weighted by molar-refractivity contribution is -0.684. The van der Waals surface area contributed by atoms with Gasteiger partial charge in [0.15, 0.2) is 13.1 Å². The Morgan fingerprint density at radius 3 is 0.463 bits per heavy atom. The number of benzene rings is 8. The predicted molar refractivity (Wildman–Crippen MR) is 518 cm³/mol. The molecule has 28 heteroatoms. The number of halogens is 16. The molecule has 2 atom stereocenters. The van der Waals surface area contributed by atoms with Crippen LogP contribution in [0.1, 0.15) is 84.0 Å². The van der Waals surface area contributed by atoms with E-state index in [1.54, 1.807) is 0 Å². The number of rotatable bonds is 24. The molecule has 8 aromatic heterocycles. The van der Waals surface area contributed by atoms with Gasteiger partial charge >= 0.3 is 29.0 Å². The molecule has 0 saturated heterocycles. The van der Waals surface area contributed by atoms with Crippen molar-refractivity contribution >= 4 is 29.0 Å². The molecule has 0 spiro atoms. The monoisotopic (exact) mass is 1860 g/mol. The van der Waals surface area contributed by atoms with Gasteiger partial charge in [0, 0.05) is 167 Å². The molecule has 8 nitrogen and oxygen atoms in total. The topological polar surface area (TPSA) is 67.1 Å². The summed E-state index contributed by atoms with van der Waals surface area (Å²) < 4.78 is 166. The molecular formula is C108H104B4F16N8. The summed E-state index contributed by atoms with van der Waals surface area (Å²) in [4.78, 5) is 17.3. The summed E-state index contributed by atoms with van der Waals surface area (Å²) in [5.74, 6) is 0.819. The van der Waals surface area contributed by atoms with E-state index >= 15 is 0 Å². The molecule has 2 unspecified atom stereocenters. The van der Waals surface area contributed by atoms with E-state index in [1.165, 1.54) is 168 Å². The molecule has 700 valence electrons. The highest BCUT2D eigenvalue weighted by Gasteiger charge is 2.32. The van der Waals surface area contributed by atoms with Gasteiger partial charge in [0.2, 0.25) is 45.6 Å². The Labute approximate surface area is 784 Å². The van der Waals surface area contributed by atoms with Gasteiger partial charge in [-0.15, -0.1) is 0 Å². The lowest BCUT2D eigenvalue weighted by Crippen LogP contribution is -2.42. The maximum absolute atomic E-state index is 9.75. The normalized spacial score (nSPS) is 11.8. The Kier molecular flexibility index (Phi) is 35.7. The van der Waals surface area contributed by atoms with Gasteiger partial charge in [-0.3, -0.25) is 19.9 Å². The molecular weight excluding hydrogens is 1760 g/mol. The number of aryl methyl sites for hydroxylation is 8. The summed E-state index contributed by atoms with van der Waals surface area (Å²) >= 11 is 0. The first kappa shape index (κ1) is 103. The van der Waals surface area contributed by atoms with Crippen molar-refractivity contribution in [3.8, 4) is 135 Å².